The molecule has 1 aromatic carbocycles. The Balaban J connectivity index is 2.45. The van der Waals surface area contributed by atoms with Crippen LogP contribution in [0.5, 0.6) is 0 Å². The smallest absolute Gasteiger partial charge is 0.127 e. The molecule has 0 N–H and O–H groups in total. The van der Waals surface area contributed by atoms with Crippen molar-refractivity contribution in [2.24, 2.45) is 5.92 Å². The molecule has 2 atom stereocenters. The zero-order chi connectivity index (χ0) is 9.26. The van der Waals surface area contributed by atoms with Crippen molar-refractivity contribution < 1.29 is 4.79 Å². The van der Waals surface area contributed by atoms with Gasteiger partial charge in [-0.1, -0.05) is 31.2 Å². The highest BCUT2D eigenvalue weighted by Crippen LogP contribution is 2.34. The molecule has 0 aromatic heterocycles. The van der Waals surface area contributed by atoms with Crippen molar-refractivity contribution in [3.8, 4) is 0 Å². The van der Waals surface area contributed by atoms with Gasteiger partial charge in [0.2, 0.25) is 0 Å². The number of fused-ring (bicyclic) bond motifs is 1. The molecule has 1 nitrogen and oxygen atoms in total. The molecule has 0 aliphatic heterocycles. The van der Waals surface area contributed by atoms with Crippen LogP contribution < -0.4 is 0 Å². The summed E-state index contributed by atoms with van der Waals surface area (Å²) in [4.78, 5) is 10.9. The minimum Gasteiger partial charge on any atom is -0.303 e. The van der Waals surface area contributed by atoms with Crippen LogP contribution in [0.15, 0.2) is 24.3 Å². The fraction of sp³-hybridized carbons (Fsp3) is 0.417. The van der Waals surface area contributed by atoms with E-state index in [1.165, 1.54) is 11.1 Å². The molecule has 1 aliphatic carbocycles. The van der Waals surface area contributed by atoms with Crippen molar-refractivity contribution >= 4 is 6.29 Å². The molecule has 13 heavy (non-hydrogen) atoms. The maximum atomic E-state index is 10.9. The molecule has 0 heterocycles. The predicted molar refractivity (Wildman–Crippen MR) is 52.7 cm³/mol. The third-order valence-corrected chi connectivity index (χ3v) is 3.04. The summed E-state index contributed by atoms with van der Waals surface area (Å²) >= 11 is 0. The van der Waals surface area contributed by atoms with E-state index in [1.54, 1.807) is 0 Å². The lowest BCUT2D eigenvalue weighted by atomic mass is 9.77. The highest BCUT2D eigenvalue weighted by molar-refractivity contribution is 5.64. The van der Waals surface area contributed by atoms with Crippen LogP contribution in [0, 0.1) is 5.92 Å². The first-order valence-corrected chi connectivity index (χ1v) is 4.86. The summed E-state index contributed by atoms with van der Waals surface area (Å²) in [6.45, 7) is 2.16. The Morgan fingerprint density at radius 3 is 2.92 bits per heavy atom. The quantitative estimate of drug-likeness (QED) is 0.598. The predicted octanol–water partition coefficient (Wildman–Crippen LogP) is 2.55. The average Bonchev–Trinajstić information content (AvgIpc) is 2.18. The Morgan fingerprint density at radius 2 is 2.15 bits per heavy atom. The van der Waals surface area contributed by atoms with Gasteiger partial charge in [0, 0.05) is 5.92 Å². The number of rotatable bonds is 1. The van der Waals surface area contributed by atoms with Gasteiger partial charge < -0.3 is 4.79 Å². The van der Waals surface area contributed by atoms with Gasteiger partial charge in [-0.15, -0.1) is 0 Å². The lowest BCUT2D eigenvalue weighted by molar-refractivity contribution is -0.110. The Morgan fingerprint density at radius 1 is 1.38 bits per heavy atom. The molecule has 0 bridgehead atoms. The second-order valence-corrected chi connectivity index (χ2v) is 3.88. The monoisotopic (exact) mass is 174 g/mol. The van der Waals surface area contributed by atoms with E-state index >= 15 is 0 Å². The number of benzene rings is 1. The van der Waals surface area contributed by atoms with Gasteiger partial charge in [-0.3, -0.25) is 0 Å². The topological polar surface area (TPSA) is 17.1 Å². The molecule has 1 aromatic rings. The lowest BCUT2D eigenvalue weighted by Gasteiger charge is -2.27. The molecular formula is C12H14O. The summed E-state index contributed by atoms with van der Waals surface area (Å²) in [5, 5.41) is 0. The van der Waals surface area contributed by atoms with E-state index in [0.29, 0.717) is 5.92 Å². The van der Waals surface area contributed by atoms with Crippen LogP contribution in [-0.2, 0) is 11.2 Å². The van der Waals surface area contributed by atoms with E-state index in [2.05, 4.69) is 25.1 Å². The summed E-state index contributed by atoms with van der Waals surface area (Å²) in [5.41, 5.74) is 2.61. The second-order valence-electron chi connectivity index (χ2n) is 3.88. The first-order valence-electron chi connectivity index (χ1n) is 4.86. The molecular weight excluding hydrogens is 160 g/mol. The molecule has 0 radical (unpaired) electrons. The number of aldehydes is 1. The van der Waals surface area contributed by atoms with Crippen molar-refractivity contribution in [3.05, 3.63) is 35.4 Å². The van der Waals surface area contributed by atoms with E-state index in [9.17, 15) is 4.79 Å². The number of carbonyl (C=O) groups excluding carboxylic acids is 1. The number of aryl methyl sites for hydroxylation is 1. The van der Waals surface area contributed by atoms with Gasteiger partial charge in [-0.05, 0) is 29.9 Å². The van der Waals surface area contributed by atoms with E-state index < -0.39 is 0 Å². The maximum absolute atomic E-state index is 10.9. The van der Waals surface area contributed by atoms with Crippen LogP contribution in [0.2, 0.25) is 0 Å². The molecule has 0 saturated carbocycles. The van der Waals surface area contributed by atoms with E-state index in [0.717, 1.165) is 19.1 Å². The Labute approximate surface area is 78.8 Å². The van der Waals surface area contributed by atoms with Gasteiger partial charge in [0.1, 0.15) is 6.29 Å². The second kappa shape index (κ2) is 3.33. The fourth-order valence-electron chi connectivity index (χ4n) is 2.16. The standard InChI is InChI=1S/C12H14O/c1-9-6-7-10-4-2-3-5-11(10)12(9)8-13/h2-5,8-9,12H,6-7H2,1H3. The summed E-state index contributed by atoms with van der Waals surface area (Å²) in [6.07, 6.45) is 3.37. The lowest BCUT2D eigenvalue weighted by Crippen LogP contribution is -2.19. The number of carbonyl (C=O) groups is 1. The molecule has 2 rings (SSSR count). The van der Waals surface area contributed by atoms with Gasteiger partial charge in [0.15, 0.2) is 0 Å². The van der Waals surface area contributed by atoms with Crippen molar-refractivity contribution in [2.45, 2.75) is 25.7 Å². The van der Waals surface area contributed by atoms with Gasteiger partial charge in [-0.25, -0.2) is 0 Å². The normalized spacial score (nSPS) is 26.5. The highest BCUT2D eigenvalue weighted by Gasteiger charge is 2.25. The van der Waals surface area contributed by atoms with Crippen LogP contribution in [0.25, 0.3) is 0 Å². The number of hydrogen-bond donors (Lipinski definition) is 0. The minimum absolute atomic E-state index is 0.130. The van der Waals surface area contributed by atoms with Crippen LogP contribution >= 0.6 is 0 Å². The molecule has 68 valence electrons. The van der Waals surface area contributed by atoms with Gasteiger partial charge in [0.05, 0.1) is 0 Å². The summed E-state index contributed by atoms with van der Waals surface area (Å²) < 4.78 is 0. The fourth-order valence-corrected chi connectivity index (χ4v) is 2.16. The maximum Gasteiger partial charge on any atom is 0.127 e. The largest absolute Gasteiger partial charge is 0.303 e. The zero-order valence-corrected chi connectivity index (χ0v) is 7.86. The van der Waals surface area contributed by atoms with Gasteiger partial charge in [0.25, 0.3) is 0 Å². The van der Waals surface area contributed by atoms with Crippen molar-refractivity contribution in [1.82, 2.24) is 0 Å². The zero-order valence-electron chi connectivity index (χ0n) is 7.86. The van der Waals surface area contributed by atoms with E-state index in [4.69, 9.17) is 0 Å². The van der Waals surface area contributed by atoms with Gasteiger partial charge >= 0.3 is 0 Å². The minimum atomic E-state index is 0.130. The highest BCUT2D eigenvalue weighted by atomic mass is 16.1. The van der Waals surface area contributed by atoms with Crippen LogP contribution in [0.3, 0.4) is 0 Å². The molecule has 0 amide bonds. The molecule has 0 fully saturated rings. The van der Waals surface area contributed by atoms with Gasteiger partial charge in [-0.2, -0.15) is 0 Å². The third kappa shape index (κ3) is 1.39. The van der Waals surface area contributed by atoms with Crippen molar-refractivity contribution in [1.29, 1.82) is 0 Å². The summed E-state index contributed by atoms with van der Waals surface area (Å²) in [5.74, 6) is 0.636. The molecule has 1 aliphatic rings. The summed E-state index contributed by atoms with van der Waals surface area (Å²) in [7, 11) is 0. The SMILES string of the molecule is CC1CCc2ccccc2C1C=O. The molecule has 1 heteroatoms. The Hall–Kier alpha value is -1.11. The third-order valence-electron chi connectivity index (χ3n) is 3.04. The first-order chi connectivity index (χ1) is 6.33. The summed E-state index contributed by atoms with van der Waals surface area (Å²) in [6, 6.07) is 8.30. The molecule has 2 unspecified atom stereocenters. The van der Waals surface area contributed by atoms with Crippen molar-refractivity contribution in [2.75, 3.05) is 0 Å². The Kier molecular flexibility index (Phi) is 2.17. The number of hydrogen-bond acceptors (Lipinski definition) is 1. The van der Waals surface area contributed by atoms with E-state index in [1.807, 2.05) is 6.07 Å². The molecule has 0 spiro atoms. The van der Waals surface area contributed by atoms with Crippen LogP contribution in [0.4, 0.5) is 0 Å². The van der Waals surface area contributed by atoms with E-state index in [-0.39, 0.29) is 5.92 Å². The van der Waals surface area contributed by atoms with Crippen LogP contribution in [-0.4, -0.2) is 6.29 Å². The Bertz CT molecular complexity index is 317. The van der Waals surface area contributed by atoms with Crippen LogP contribution in [0.1, 0.15) is 30.4 Å². The van der Waals surface area contributed by atoms with Crippen molar-refractivity contribution in [3.63, 3.8) is 0 Å². The first kappa shape index (κ1) is 8.49. The average molecular weight is 174 g/mol. The molecule has 0 saturated heterocycles.